The van der Waals surface area contributed by atoms with Crippen molar-refractivity contribution in [3.8, 4) is 11.5 Å². The Hall–Kier alpha value is -1.14. The van der Waals surface area contributed by atoms with Crippen molar-refractivity contribution >= 4 is 62.3 Å². The van der Waals surface area contributed by atoms with Gasteiger partial charge in [0.2, 0.25) is 0 Å². The Morgan fingerprint density at radius 2 is 1.66 bits per heavy atom. The van der Waals surface area contributed by atoms with E-state index in [4.69, 9.17) is 55.9 Å². The molecule has 0 spiro atoms. The molecule has 0 saturated carbocycles. The molecule has 3 nitrogen and oxygen atoms in total. The third-order valence-corrected chi connectivity index (χ3v) is 6.59. The summed E-state index contributed by atoms with van der Waals surface area (Å²) < 4.78 is 12.7. The molecular formula is C24H22BrCl4NO2. The van der Waals surface area contributed by atoms with Crippen molar-refractivity contribution in [2.24, 2.45) is 0 Å². The molecule has 0 atom stereocenters. The van der Waals surface area contributed by atoms with Crippen LogP contribution in [0.5, 0.6) is 11.5 Å². The van der Waals surface area contributed by atoms with Crippen LogP contribution in [0.15, 0.2) is 53.0 Å². The first-order chi connectivity index (χ1) is 15.4. The Bertz CT molecular complexity index is 1060. The first-order valence-corrected chi connectivity index (χ1v) is 12.3. The minimum absolute atomic E-state index is 0.233. The van der Waals surface area contributed by atoms with Crippen molar-refractivity contribution in [3.05, 3.63) is 89.8 Å². The molecule has 32 heavy (non-hydrogen) atoms. The highest BCUT2D eigenvalue weighted by atomic mass is 79.9. The second-order valence-corrected chi connectivity index (χ2v) is 9.50. The van der Waals surface area contributed by atoms with Gasteiger partial charge in [0.15, 0.2) is 11.5 Å². The molecule has 0 bridgehead atoms. The van der Waals surface area contributed by atoms with E-state index in [1.54, 1.807) is 24.3 Å². The third kappa shape index (κ3) is 6.93. The van der Waals surface area contributed by atoms with E-state index in [9.17, 15) is 0 Å². The Labute approximate surface area is 217 Å². The molecule has 0 saturated heterocycles. The fraction of sp³-hybridized carbons (Fsp3) is 0.250. The minimum Gasteiger partial charge on any atom is -0.490 e. The topological polar surface area (TPSA) is 30.5 Å². The van der Waals surface area contributed by atoms with Gasteiger partial charge in [-0.1, -0.05) is 58.5 Å². The standard InChI is InChI=1S/C24H22BrCl4NO2/c1-2-31-23-11-15(13-30-9-8-16-6-7-17(26)12-22(16)29)10-19(25)24(23)32-14-18-20(27)4-3-5-21(18)28/h3-7,10-12,30H,2,8-9,13-14H2,1H3. The molecule has 3 rings (SSSR count). The van der Waals surface area contributed by atoms with Crippen LogP contribution < -0.4 is 14.8 Å². The van der Waals surface area contributed by atoms with Crippen LogP contribution in [0, 0.1) is 0 Å². The van der Waals surface area contributed by atoms with Gasteiger partial charge in [0.1, 0.15) is 6.61 Å². The molecule has 0 unspecified atom stereocenters. The first kappa shape index (κ1) is 25.5. The zero-order valence-electron chi connectivity index (χ0n) is 17.4. The average Bonchev–Trinajstić information content (AvgIpc) is 2.74. The lowest BCUT2D eigenvalue weighted by Crippen LogP contribution is -2.17. The minimum atomic E-state index is 0.233. The molecule has 0 aromatic heterocycles. The normalized spacial score (nSPS) is 10.9. The number of ether oxygens (including phenoxy) is 2. The van der Waals surface area contributed by atoms with Crippen molar-refractivity contribution in [1.82, 2.24) is 5.32 Å². The molecule has 170 valence electrons. The molecule has 0 aliphatic carbocycles. The van der Waals surface area contributed by atoms with E-state index < -0.39 is 0 Å². The quantitative estimate of drug-likeness (QED) is 0.246. The molecule has 3 aromatic carbocycles. The van der Waals surface area contributed by atoms with Crippen LogP contribution in [0.2, 0.25) is 20.1 Å². The molecule has 1 N–H and O–H groups in total. The zero-order valence-corrected chi connectivity index (χ0v) is 22.0. The monoisotopic (exact) mass is 575 g/mol. The second-order valence-electron chi connectivity index (χ2n) is 6.99. The summed E-state index contributed by atoms with van der Waals surface area (Å²) in [6, 6.07) is 14.9. The van der Waals surface area contributed by atoms with Gasteiger partial charge in [-0.15, -0.1) is 0 Å². The highest BCUT2D eigenvalue weighted by Crippen LogP contribution is 2.38. The molecule has 0 heterocycles. The number of hydrogen-bond acceptors (Lipinski definition) is 3. The van der Waals surface area contributed by atoms with Crippen molar-refractivity contribution < 1.29 is 9.47 Å². The van der Waals surface area contributed by atoms with E-state index in [0.29, 0.717) is 44.7 Å². The summed E-state index contributed by atoms with van der Waals surface area (Å²) in [6.07, 6.45) is 0.801. The molecule has 0 aliphatic rings. The van der Waals surface area contributed by atoms with E-state index >= 15 is 0 Å². The van der Waals surface area contributed by atoms with Crippen LogP contribution in [0.1, 0.15) is 23.6 Å². The molecule has 0 amide bonds. The van der Waals surface area contributed by atoms with E-state index in [0.717, 1.165) is 34.1 Å². The maximum atomic E-state index is 6.26. The van der Waals surface area contributed by atoms with Crippen molar-refractivity contribution in [2.75, 3.05) is 13.2 Å². The van der Waals surface area contributed by atoms with Crippen LogP contribution >= 0.6 is 62.3 Å². The smallest absolute Gasteiger partial charge is 0.175 e. The lowest BCUT2D eigenvalue weighted by Gasteiger charge is -2.17. The highest BCUT2D eigenvalue weighted by Gasteiger charge is 2.14. The Kier molecular flexibility index (Phi) is 9.84. The second kappa shape index (κ2) is 12.4. The summed E-state index contributed by atoms with van der Waals surface area (Å²) in [5.74, 6) is 1.27. The van der Waals surface area contributed by atoms with E-state index in [1.165, 1.54) is 0 Å². The SMILES string of the molecule is CCOc1cc(CNCCc2ccc(Cl)cc2Cl)cc(Br)c1OCc1c(Cl)cccc1Cl. The Balaban J connectivity index is 1.65. The predicted molar refractivity (Wildman–Crippen MR) is 138 cm³/mol. The van der Waals surface area contributed by atoms with Gasteiger partial charge in [-0.25, -0.2) is 0 Å². The summed E-state index contributed by atoms with van der Waals surface area (Å²) in [4.78, 5) is 0. The number of nitrogens with one attached hydrogen (secondary N) is 1. The van der Waals surface area contributed by atoms with Crippen LogP contribution in [0.3, 0.4) is 0 Å². The molecule has 8 heteroatoms. The van der Waals surface area contributed by atoms with Gasteiger partial charge in [-0.3, -0.25) is 0 Å². The number of benzene rings is 3. The van der Waals surface area contributed by atoms with Gasteiger partial charge in [-0.05, 0) is 83.3 Å². The van der Waals surface area contributed by atoms with Crippen LogP contribution in [0.25, 0.3) is 0 Å². The zero-order chi connectivity index (χ0) is 23.1. The molecule has 0 aliphatic heterocycles. The van der Waals surface area contributed by atoms with Crippen molar-refractivity contribution in [2.45, 2.75) is 26.5 Å². The van der Waals surface area contributed by atoms with Crippen molar-refractivity contribution in [3.63, 3.8) is 0 Å². The third-order valence-electron chi connectivity index (χ3n) is 4.71. The average molecular weight is 578 g/mol. The van der Waals surface area contributed by atoms with Gasteiger partial charge in [0, 0.05) is 32.2 Å². The summed E-state index contributed by atoms with van der Waals surface area (Å²) in [6.45, 7) is 4.12. The van der Waals surface area contributed by atoms with Gasteiger partial charge in [0.25, 0.3) is 0 Å². The molecule has 0 fully saturated rings. The molecule has 3 aromatic rings. The van der Waals surface area contributed by atoms with Crippen LogP contribution in [0.4, 0.5) is 0 Å². The van der Waals surface area contributed by atoms with Gasteiger partial charge < -0.3 is 14.8 Å². The van der Waals surface area contributed by atoms with E-state index in [2.05, 4.69) is 21.2 Å². The van der Waals surface area contributed by atoms with E-state index in [-0.39, 0.29) is 6.61 Å². The maximum absolute atomic E-state index is 6.26. The highest BCUT2D eigenvalue weighted by molar-refractivity contribution is 9.10. The van der Waals surface area contributed by atoms with Gasteiger partial charge in [-0.2, -0.15) is 0 Å². The van der Waals surface area contributed by atoms with Crippen LogP contribution in [-0.2, 0) is 19.6 Å². The van der Waals surface area contributed by atoms with Crippen molar-refractivity contribution in [1.29, 1.82) is 0 Å². The van der Waals surface area contributed by atoms with Gasteiger partial charge >= 0.3 is 0 Å². The fourth-order valence-corrected chi connectivity index (χ4v) is 4.73. The maximum Gasteiger partial charge on any atom is 0.175 e. The largest absolute Gasteiger partial charge is 0.490 e. The Morgan fingerprint density at radius 3 is 2.34 bits per heavy atom. The first-order valence-electron chi connectivity index (χ1n) is 10.0. The lowest BCUT2D eigenvalue weighted by molar-refractivity contribution is 0.267. The molecular weight excluding hydrogens is 556 g/mol. The number of hydrogen-bond donors (Lipinski definition) is 1. The lowest BCUT2D eigenvalue weighted by atomic mass is 10.1. The fourth-order valence-electron chi connectivity index (χ4n) is 3.12. The summed E-state index contributed by atoms with van der Waals surface area (Å²) in [5, 5.41) is 5.88. The number of halogens is 5. The van der Waals surface area contributed by atoms with Crippen LogP contribution in [-0.4, -0.2) is 13.2 Å². The number of rotatable bonds is 10. The predicted octanol–water partition coefficient (Wildman–Crippen LogP) is 8.37. The molecule has 0 radical (unpaired) electrons. The summed E-state index contributed by atoms with van der Waals surface area (Å²) >= 11 is 28.3. The Morgan fingerprint density at radius 1 is 0.906 bits per heavy atom. The van der Waals surface area contributed by atoms with Gasteiger partial charge in [0.05, 0.1) is 11.1 Å². The summed E-state index contributed by atoms with van der Waals surface area (Å²) in [7, 11) is 0. The summed E-state index contributed by atoms with van der Waals surface area (Å²) in [5.41, 5.74) is 2.85. The van der Waals surface area contributed by atoms with E-state index in [1.807, 2.05) is 31.2 Å².